The van der Waals surface area contributed by atoms with Gasteiger partial charge in [0.2, 0.25) is 5.95 Å². The van der Waals surface area contributed by atoms with Crippen molar-refractivity contribution in [1.29, 1.82) is 0 Å². The molecular weight excluding hydrogens is 332 g/mol. The molecule has 0 saturated carbocycles. The lowest BCUT2D eigenvalue weighted by atomic mass is 10.2. The quantitative estimate of drug-likeness (QED) is 0.885. The molecule has 2 rings (SSSR count). The van der Waals surface area contributed by atoms with Crippen molar-refractivity contribution in [1.82, 2.24) is 9.97 Å². The predicted octanol–water partition coefficient (Wildman–Crippen LogP) is 3.62. The van der Waals surface area contributed by atoms with Crippen LogP contribution in [0.4, 0.5) is 11.6 Å². The first-order valence-corrected chi connectivity index (χ1v) is 7.42. The summed E-state index contributed by atoms with van der Waals surface area (Å²) in [6.45, 7) is 5.96. The van der Waals surface area contributed by atoms with Gasteiger partial charge in [0.1, 0.15) is 5.69 Å². The molecule has 6 heteroatoms. The Hall–Kier alpha value is -1.95. The van der Waals surface area contributed by atoms with Crippen LogP contribution >= 0.6 is 15.9 Å². The number of nitrogens with zero attached hydrogens (tertiary/aromatic N) is 2. The van der Waals surface area contributed by atoms with Crippen molar-refractivity contribution in [2.24, 2.45) is 0 Å². The summed E-state index contributed by atoms with van der Waals surface area (Å²) in [5.41, 5.74) is 2.15. The largest absolute Gasteiger partial charge is 0.352 e. The number of aryl methyl sites for hydroxylation is 1. The molecule has 110 valence electrons. The number of amides is 1. The molecule has 0 fully saturated rings. The second-order valence-electron chi connectivity index (χ2n) is 5.00. The van der Waals surface area contributed by atoms with Crippen LogP contribution in [0, 0.1) is 6.92 Å². The summed E-state index contributed by atoms with van der Waals surface area (Å²) in [5.74, 6) is 0.175. The molecule has 1 aromatic heterocycles. The van der Waals surface area contributed by atoms with Crippen molar-refractivity contribution >= 4 is 33.5 Å². The number of hydrogen-bond donors (Lipinski definition) is 2. The van der Waals surface area contributed by atoms with E-state index in [2.05, 4.69) is 36.5 Å². The van der Waals surface area contributed by atoms with Gasteiger partial charge in [0, 0.05) is 16.7 Å². The number of nitrogens with one attached hydrogen (secondary N) is 2. The molecule has 0 bridgehead atoms. The van der Waals surface area contributed by atoms with Crippen LogP contribution in [0.25, 0.3) is 0 Å². The van der Waals surface area contributed by atoms with E-state index in [0.717, 1.165) is 10.0 Å². The monoisotopic (exact) mass is 348 g/mol. The summed E-state index contributed by atoms with van der Waals surface area (Å²) in [6.07, 6.45) is 1.57. The van der Waals surface area contributed by atoms with Gasteiger partial charge in [-0.1, -0.05) is 6.07 Å². The van der Waals surface area contributed by atoms with Gasteiger partial charge in [-0.25, -0.2) is 9.97 Å². The number of rotatable bonds is 4. The summed E-state index contributed by atoms with van der Waals surface area (Å²) >= 11 is 3.44. The molecule has 1 amide bonds. The van der Waals surface area contributed by atoms with Crippen LogP contribution in [0.3, 0.4) is 0 Å². The van der Waals surface area contributed by atoms with Gasteiger partial charge in [0.05, 0.1) is 5.69 Å². The lowest BCUT2D eigenvalue weighted by Crippen LogP contribution is -2.17. The summed E-state index contributed by atoms with van der Waals surface area (Å²) in [6, 6.07) is 7.52. The van der Waals surface area contributed by atoms with Gasteiger partial charge < -0.3 is 10.6 Å². The number of anilines is 2. The van der Waals surface area contributed by atoms with E-state index in [1.54, 1.807) is 12.3 Å². The normalized spacial score (nSPS) is 10.5. The molecule has 5 nitrogen and oxygen atoms in total. The fourth-order valence-corrected chi connectivity index (χ4v) is 2.31. The van der Waals surface area contributed by atoms with Crippen molar-refractivity contribution in [3.8, 4) is 0 Å². The molecule has 21 heavy (non-hydrogen) atoms. The number of benzene rings is 1. The van der Waals surface area contributed by atoms with Gasteiger partial charge in [0.15, 0.2) is 0 Å². The van der Waals surface area contributed by atoms with E-state index >= 15 is 0 Å². The number of carbonyl (C=O) groups is 1. The Labute approximate surface area is 132 Å². The summed E-state index contributed by atoms with van der Waals surface area (Å²) < 4.78 is 0.838. The Morgan fingerprint density at radius 1 is 1.29 bits per heavy atom. The molecule has 2 aromatic rings. The van der Waals surface area contributed by atoms with Gasteiger partial charge in [0.25, 0.3) is 5.91 Å². The minimum absolute atomic E-state index is 0.203. The third-order valence-electron chi connectivity index (χ3n) is 2.68. The van der Waals surface area contributed by atoms with Gasteiger partial charge in [-0.05, 0) is 60.5 Å². The minimum atomic E-state index is -0.270. The van der Waals surface area contributed by atoms with Gasteiger partial charge >= 0.3 is 0 Å². The number of halogens is 1. The van der Waals surface area contributed by atoms with Crippen molar-refractivity contribution in [3.63, 3.8) is 0 Å². The Kier molecular flexibility index (Phi) is 4.90. The molecule has 0 saturated heterocycles. The highest BCUT2D eigenvalue weighted by molar-refractivity contribution is 9.10. The highest BCUT2D eigenvalue weighted by atomic mass is 79.9. The lowest BCUT2D eigenvalue weighted by molar-refractivity contribution is 0.102. The fourth-order valence-electron chi connectivity index (χ4n) is 1.72. The Morgan fingerprint density at radius 2 is 2.05 bits per heavy atom. The highest BCUT2D eigenvalue weighted by Gasteiger charge is 2.11. The molecule has 1 heterocycles. The molecule has 0 radical (unpaired) electrons. The lowest BCUT2D eigenvalue weighted by Gasteiger charge is -2.10. The first-order valence-electron chi connectivity index (χ1n) is 6.63. The molecular formula is C15H17BrN4O. The second-order valence-corrected chi connectivity index (χ2v) is 5.86. The average Bonchev–Trinajstić information content (AvgIpc) is 2.41. The molecule has 1 aromatic carbocycles. The number of carbonyl (C=O) groups excluding carboxylic acids is 1. The van der Waals surface area contributed by atoms with E-state index < -0.39 is 0 Å². The topological polar surface area (TPSA) is 66.9 Å². The number of hydrogen-bond acceptors (Lipinski definition) is 4. The highest BCUT2D eigenvalue weighted by Crippen LogP contribution is 2.23. The molecule has 0 aliphatic rings. The average molecular weight is 349 g/mol. The molecule has 0 aliphatic heterocycles. The zero-order valence-corrected chi connectivity index (χ0v) is 13.7. The van der Waals surface area contributed by atoms with E-state index in [0.29, 0.717) is 17.3 Å². The van der Waals surface area contributed by atoms with Crippen molar-refractivity contribution in [2.75, 3.05) is 10.6 Å². The molecule has 0 spiro atoms. The Balaban J connectivity index is 2.16. The van der Waals surface area contributed by atoms with Crippen molar-refractivity contribution < 1.29 is 4.79 Å². The standard InChI is InChI=1S/C15H17BrN4O/c1-9(2)18-15-17-7-6-13(20-15)14(21)19-12-5-4-10(3)8-11(12)16/h4-9H,1-3H3,(H,19,21)(H,17,18,20). The van der Waals surface area contributed by atoms with Gasteiger partial charge in [-0.3, -0.25) is 4.79 Å². The first kappa shape index (κ1) is 15.4. The van der Waals surface area contributed by atoms with Crippen molar-refractivity contribution in [2.45, 2.75) is 26.8 Å². The zero-order valence-electron chi connectivity index (χ0n) is 12.1. The van der Waals surface area contributed by atoms with E-state index in [1.165, 1.54) is 0 Å². The van der Waals surface area contributed by atoms with Crippen LogP contribution in [0.5, 0.6) is 0 Å². The van der Waals surface area contributed by atoms with Crippen LogP contribution in [0.15, 0.2) is 34.9 Å². The van der Waals surface area contributed by atoms with Crippen molar-refractivity contribution in [3.05, 3.63) is 46.2 Å². The van der Waals surface area contributed by atoms with E-state index in [-0.39, 0.29) is 11.9 Å². The van der Waals surface area contributed by atoms with Gasteiger partial charge in [-0.2, -0.15) is 0 Å². The minimum Gasteiger partial charge on any atom is -0.352 e. The summed E-state index contributed by atoms with van der Waals surface area (Å²) in [7, 11) is 0. The Bertz CT molecular complexity index is 658. The van der Waals surface area contributed by atoms with Crippen LogP contribution in [0.1, 0.15) is 29.9 Å². The molecule has 0 unspecified atom stereocenters. The maximum atomic E-state index is 12.2. The second kappa shape index (κ2) is 6.67. The third-order valence-corrected chi connectivity index (χ3v) is 3.33. The first-order chi connectivity index (χ1) is 9.95. The molecule has 0 aliphatic carbocycles. The fraction of sp³-hybridized carbons (Fsp3) is 0.267. The van der Waals surface area contributed by atoms with Crippen LogP contribution in [-0.2, 0) is 0 Å². The summed E-state index contributed by atoms with van der Waals surface area (Å²) in [4.78, 5) is 20.5. The van der Waals surface area contributed by atoms with Gasteiger partial charge in [-0.15, -0.1) is 0 Å². The van der Waals surface area contributed by atoms with Crippen LogP contribution < -0.4 is 10.6 Å². The maximum Gasteiger partial charge on any atom is 0.274 e. The number of aromatic nitrogens is 2. The Morgan fingerprint density at radius 3 is 2.71 bits per heavy atom. The molecule has 2 N–H and O–H groups in total. The van der Waals surface area contributed by atoms with E-state index in [1.807, 2.05) is 39.0 Å². The van der Waals surface area contributed by atoms with E-state index in [9.17, 15) is 4.79 Å². The zero-order chi connectivity index (χ0) is 15.4. The maximum absolute atomic E-state index is 12.2. The third kappa shape index (κ3) is 4.26. The molecule has 0 atom stereocenters. The SMILES string of the molecule is Cc1ccc(NC(=O)c2ccnc(NC(C)C)n2)c(Br)c1. The smallest absolute Gasteiger partial charge is 0.274 e. The van der Waals surface area contributed by atoms with E-state index in [4.69, 9.17) is 0 Å². The van der Waals surface area contributed by atoms with Crippen LogP contribution in [-0.4, -0.2) is 21.9 Å². The predicted molar refractivity (Wildman–Crippen MR) is 87.6 cm³/mol. The summed E-state index contributed by atoms with van der Waals surface area (Å²) in [5, 5.41) is 5.90. The van der Waals surface area contributed by atoms with Crippen LogP contribution in [0.2, 0.25) is 0 Å².